The first-order valence-electron chi connectivity index (χ1n) is 7.73. The highest BCUT2D eigenvalue weighted by Crippen LogP contribution is 2.14. The van der Waals surface area contributed by atoms with Crippen LogP contribution in [0.25, 0.3) is 0 Å². The minimum absolute atomic E-state index is 0.0905. The molecule has 2 rings (SSSR count). The molecule has 128 valence electrons. The number of nitrogens with zero attached hydrogens (tertiary/aromatic N) is 3. The second-order valence-corrected chi connectivity index (χ2v) is 6.30. The van der Waals surface area contributed by atoms with Crippen LogP contribution in [-0.2, 0) is 19.4 Å². The van der Waals surface area contributed by atoms with Crippen LogP contribution in [0.15, 0.2) is 35.5 Å². The molecule has 0 unspecified atom stereocenters. The maximum absolute atomic E-state index is 10.8. The molecule has 0 bridgehead atoms. The fraction of sp³-hybridized carbons (Fsp3) is 0.375. The standard InChI is InChI=1S/C16H21N5O2S/c1-3-14-11-19-15(24-14)7-8-18-16(17-2)20-10-12-5-4-6-13(9-12)21(22)23/h4-6,9,11H,3,7-8,10H2,1-2H3,(H2,17,18,20). The third kappa shape index (κ3) is 5.31. The van der Waals surface area contributed by atoms with E-state index in [4.69, 9.17) is 0 Å². The Labute approximate surface area is 145 Å². The number of nitro benzene ring substituents is 1. The molecule has 2 aromatic rings. The number of aryl methyl sites for hydroxylation is 1. The van der Waals surface area contributed by atoms with Gasteiger partial charge >= 0.3 is 0 Å². The highest BCUT2D eigenvalue weighted by molar-refractivity contribution is 7.11. The van der Waals surface area contributed by atoms with Crippen molar-refractivity contribution in [3.63, 3.8) is 0 Å². The molecule has 7 nitrogen and oxygen atoms in total. The Morgan fingerprint density at radius 3 is 2.92 bits per heavy atom. The zero-order valence-electron chi connectivity index (χ0n) is 13.8. The third-order valence-corrected chi connectivity index (χ3v) is 4.59. The van der Waals surface area contributed by atoms with Crippen molar-refractivity contribution in [3.8, 4) is 0 Å². The number of nitro groups is 1. The fourth-order valence-electron chi connectivity index (χ4n) is 2.10. The number of thiazole rings is 1. The first kappa shape index (κ1) is 17.9. The molecule has 0 saturated carbocycles. The number of hydrogen-bond acceptors (Lipinski definition) is 5. The highest BCUT2D eigenvalue weighted by atomic mass is 32.1. The SMILES string of the molecule is CCc1cnc(CCNC(=NC)NCc2cccc([N+](=O)[O-])c2)s1. The second kappa shape index (κ2) is 8.97. The van der Waals surface area contributed by atoms with Crippen molar-refractivity contribution in [3.05, 3.63) is 56.0 Å². The second-order valence-electron chi connectivity index (χ2n) is 5.10. The minimum atomic E-state index is -0.394. The maximum Gasteiger partial charge on any atom is 0.269 e. The number of rotatable bonds is 7. The van der Waals surface area contributed by atoms with E-state index >= 15 is 0 Å². The number of aromatic nitrogens is 1. The van der Waals surface area contributed by atoms with Gasteiger partial charge in [-0.1, -0.05) is 19.1 Å². The molecule has 24 heavy (non-hydrogen) atoms. The summed E-state index contributed by atoms with van der Waals surface area (Å²) >= 11 is 1.73. The first-order valence-corrected chi connectivity index (χ1v) is 8.55. The summed E-state index contributed by atoms with van der Waals surface area (Å²) in [6, 6.07) is 6.56. The molecule has 0 aliphatic rings. The van der Waals surface area contributed by atoms with Crippen LogP contribution in [0.4, 0.5) is 5.69 Å². The summed E-state index contributed by atoms with van der Waals surface area (Å²) in [5, 5.41) is 18.3. The Hall–Kier alpha value is -2.48. The lowest BCUT2D eigenvalue weighted by atomic mass is 10.2. The smallest absolute Gasteiger partial charge is 0.269 e. The van der Waals surface area contributed by atoms with Crippen LogP contribution in [0.1, 0.15) is 22.4 Å². The molecule has 1 aromatic heterocycles. The van der Waals surface area contributed by atoms with Crippen molar-refractivity contribution in [2.75, 3.05) is 13.6 Å². The molecule has 0 aliphatic carbocycles. The quantitative estimate of drug-likeness (QED) is 0.347. The van der Waals surface area contributed by atoms with Crippen LogP contribution in [0, 0.1) is 10.1 Å². The van der Waals surface area contributed by atoms with Gasteiger partial charge in [0.2, 0.25) is 0 Å². The molecule has 0 atom stereocenters. The van der Waals surface area contributed by atoms with E-state index in [1.165, 1.54) is 10.9 Å². The van der Waals surface area contributed by atoms with E-state index in [0.29, 0.717) is 12.5 Å². The molecule has 0 aliphatic heterocycles. The largest absolute Gasteiger partial charge is 0.356 e. The summed E-state index contributed by atoms with van der Waals surface area (Å²) in [6.07, 6.45) is 3.77. The van der Waals surface area contributed by atoms with Crippen molar-refractivity contribution >= 4 is 23.0 Å². The lowest BCUT2D eigenvalue weighted by Gasteiger charge is -2.11. The van der Waals surface area contributed by atoms with Gasteiger partial charge in [-0.2, -0.15) is 0 Å². The van der Waals surface area contributed by atoms with E-state index in [1.807, 2.05) is 12.3 Å². The van der Waals surface area contributed by atoms with Crippen LogP contribution in [0.3, 0.4) is 0 Å². The van der Waals surface area contributed by atoms with Crippen LogP contribution in [0.5, 0.6) is 0 Å². The van der Waals surface area contributed by atoms with Crippen LogP contribution in [0.2, 0.25) is 0 Å². The molecule has 1 heterocycles. The third-order valence-electron chi connectivity index (χ3n) is 3.39. The highest BCUT2D eigenvalue weighted by Gasteiger charge is 2.06. The van der Waals surface area contributed by atoms with Gasteiger partial charge in [0.05, 0.1) is 9.93 Å². The number of aliphatic imine (C=N–C) groups is 1. The van der Waals surface area contributed by atoms with Gasteiger partial charge in [-0.3, -0.25) is 15.1 Å². The number of benzene rings is 1. The van der Waals surface area contributed by atoms with Crippen molar-refractivity contribution in [1.82, 2.24) is 15.6 Å². The van der Waals surface area contributed by atoms with Gasteiger partial charge in [0.15, 0.2) is 5.96 Å². The summed E-state index contributed by atoms with van der Waals surface area (Å²) in [7, 11) is 1.70. The average molecular weight is 347 g/mol. The van der Waals surface area contributed by atoms with Gasteiger partial charge < -0.3 is 10.6 Å². The Bertz CT molecular complexity index is 714. The number of hydrogen-bond donors (Lipinski definition) is 2. The van der Waals surface area contributed by atoms with Crippen molar-refractivity contribution in [1.29, 1.82) is 0 Å². The molecule has 0 radical (unpaired) electrons. The molecule has 2 N–H and O–H groups in total. The van der Waals surface area contributed by atoms with Crippen molar-refractivity contribution < 1.29 is 4.92 Å². The van der Waals surface area contributed by atoms with E-state index in [9.17, 15) is 10.1 Å². The molecule has 0 spiro atoms. The van der Waals surface area contributed by atoms with Gasteiger partial charge in [0.25, 0.3) is 5.69 Å². The van der Waals surface area contributed by atoms with Gasteiger partial charge in [-0.25, -0.2) is 4.98 Å². The lowest BCUT2D eigenvalue weighted by molar-refractivity contribution is -0.384. The van der Waals surface area contributed by atoms with Crippen LogP contribution < -0.4 is 10.6 Å². The van der Waals surface area contributed by atoms with Crippen molar-refractivity contribution in [2.45, 2.75) is 26.3 Å². The zero-order chi connectivity index (χ0) is 17.4. The zero-order valence-corrected chi connectivity index (χ0v) is 14.6. The van der Waals surface area contributed by atoms with E-state index in [-0.39, 0.29) is 5.69 Å². The first-order chi connectivity index (χ1) is 11.6. The number of guanidine groups is 1. The van der Waals surface area contributed by atoms with Gasteiger partial charge in [-0.05, 0) is 12.0 Å². The topological polar surface area (TPSA) is 92.5 Å². The van der Waals surface area contributed by atoms with E-state index in [2.05, 4.69) is 27.5 Å². The fourth-order valence-corrected chi connectivity index (χ4v) is 2.96. The van der Waals surface area contributed by atoms with E-state index in [0.717, 1.165) is 30.0 Å². The van der Waals surface area contributed by atoms with E-state index < -0.39 is 4.92 Å². The normalized spacial score (nSPS) is 11.3. The minimum Gasteiger partial charge on any atom is -0.356 e. The lowest BCUT2D eigenvalue weighted by Crippen LogP contribution is -2.37. The molecule has 1 aromatic carbocycles. The van der Waals surface area contributed by atoms with Gasteiger partial charge in [0.1, 0.15) is 0 Å². The van der Waals surface area contributed by atoms with Crippen LogP contribution in [-0.4, -0.2) is 29.5 Å². The summed E-state index contributed by atoms with van der Waals surface area (Å²) in [5.74, 6) is 0.661. The molecule has 0 fully saturated rings. The van der Waals surface area contributed by atoms with Gasteiger partial charge in [0, 0.05) is 49.8 Å². The molecule has 0 amide bonds. The molecular weight excluding hydrogens is 326 g/mol. The maximum atomic E-state index is 10.8. The Balaban J connectivity index is 1.80. The van der Waals surface area contributed by atoms with Crippen molar-refractivity contribution in [2.24, 2.45) is 4.99 Å². The Kier molecular flexibility index (Phi) is 6.68. The predicted octanol–water partition coefficient (Wildman–Crippen LogP) is 2.52. The summed E-state index contributed by atoms with van der Waals surface area (Å²) in [4.78, 5) is 20.2. The predicted molar refractivity (Wildman–Crippen MR) is 96.5 cm³/mol. The summed E-state index contributed by atoms with van der Waals surface area (Å²) < 4.78 is 0. The van der Waals surface area contributed by atoms with Gasteiger partial charge in [-0.15, -0.1) is 11.3 Å². The van der Waals surface area contributed by atoms with Crippen LogP contribution >= 0.6 is 11.3 Å². The number of non-ortho nitro benzene ring substituents is 1. The van der Waals surface area contributed by atoms with E-state index in [1.54, 1.807) is 30.5 Å². The monoisotopic (exact) mass is 347 g/mol. The molecular formula is C16H21N5O2S. The Morgan fingerprint density at radius 2 is 2.25 bits per heavy atom. The Morgan fingerprint density at radius 1 is 1.42 bits per heavy atom. The molecule has 0 saturated heterocycles. The summed E-state index contributed by atoms with van der Waals surface area (Å²) in [6.45, 7) is 3.32. The number of nitrogens with one attached hydrogen (secondary N) is 2. The molecule has 8 heteroatoms. The summed E-state index contributed by atoms with van der Waals surface area (Å²) in [5.41, 5.74) is 0.924. The average Bonchev–Trinajstić information content (AvgIpc) is 3.06.